The molecule has 0 spiro atoms. The molecule has 0 saturated carbocycles. The number of carbonyl (C=O) groups is 1. The first-order chi connectivity index (χ1) is 11.2. The summed E-state index contributed by atoms with van der Waals surface area (Å²) in [7, 11) is -0.451. The molecule has 0 unspecified atom stereocenters. The van der Waals surface area contributed by atoms with Crippen molar-refractivity contribution in [2.24, 2.45) is 5.92 Å². The molecule has 1 aromatic rings. The van der Waals surface area contributed by atoms with Gasteiger partial charge in [-0.25, -0.2) is 0 Å². The number of para-hydroxylation sites is 1. The number of carbonyl (C=O) groups excluding carboxylic acids is 1. The Morgan fingerprint density at radius 1 is 1.29 bits per heavy atom. The van der Waals surface area contributed by atoms with Gasteiger partial charge >= 0.3 is 0 Å². The number of anilines is 1. The first-order valence-electron chi connectivity index (χ1n) is 8.31. The van der Waals surface area contributed by atoms with Crippen LogP contribution in [0.25, 0.3) is 0 Å². The molecule has 1 fully saturated rings. The summed E-state index contributed by atoms with van der Waals surface area (Å²) in [5.41, 5.74) is 1.89. The van der Waals surface area contributed by atoms with Crippen LogP contribution in [0.5, 0.6) is 0 Å². The van der Waals surface area contributed by atoms with E-state index in [1.165, 1.54) is 22.7 Å². The Morgan fingerprint density at radius 3 is 2.58 bits per heavy atom. The lowest BCUT2D eigenvalue weighted by atomic mass is 9.97. The van der Waals surface area contributed by atoms with Crippen LogP contribution in [-0.2, 0) is 15.0 Å². The molecule has 1 aromatic carbocycles. The lowest BCUT2D eigenvalue weighted by Gasteiger charge is -2.33. The van der Waals surface area contributed by atoms with Gasteiger partial charge in [0, 0.05) is 32.9 Å². The first-order valence-corrected chi connectivity index (χ1v) is 9.70. The lowest BCUT2D eigenvalue weighted by molar-refractivity contribution is -0.120. The third-order valence-corrected chi connectivity index (χ3v) is 6.29. The number of benzene rings is 1. The van der Waals surface area contributed by atoms with Gasteiger partial charge in [0.1, 0.15) is 0 Å². The van der Waals surface area contributed by atoms with Crippen molar-refractivity contribution in [2.45, 2.75) is 32.6 Å². The molecule has 1 saturated heterocycles. The third-order valence-electron chi connectivity index (χ3n) is 4.38. The molecule has 0 radical (unpaired) electrons. The first kappa shape index (κ1) is 18.9. The van der Waals surface area contributed by atoms with Gasteiger partial charge in [-0.3, -0.25) is 4.79 Å². The Morgan fingerprint density at radius 2 is 1.96 bits per heavy atom. The highest BCUT2D eigenvalue weighted by Crippen LogP contribution is 2.26. The van der Waals surface area contributed by atoms with E-state index in [2.05, 4.69) is 19.2 Å². The fraction of sp³-hybridized carbons (Fsp3) is 0.588. The molecular formula is C17H27N3O3S. The number of rotatable bonds is 5. The molecule has 0 bridgehead atoms. The van der Waals surface area contributed by atoms with Gasteiger partial charge in [0.25, 0.3) is 10.2 Å². The normalized spacial score (nSPS) is 19.7. The van der Waals surface area contributed by atoms with Gasteiger partial charge in [0.2, 0.25) is 5.91 Å². The Hall–Kier alpha value is -1.44. The molecule has 24 heavy (non-hydrogen) atoms. The highest BCUT2D eigenvalue weighted by molar-refractivity contribution is 7.86. The highest BCUT2D eigenvalue weighted by Gasteiger charge is 2.33. The van der Waals surface area contributed by atoms with E-state index in [1.807, 2.05) is 24.3 Å². The Balaban J connectivity index is 2.11. The van der Waals surface area contributed by atoms with Crippen LogP contribution in [0.4, 0.5) is 5.69 Å². The summed E-state index contributed by atoms with van der Waals surface area (Å²) in [6.45, 7) is 4.86. The van der Waals surface area contributed by atoms with Gasteiger partial charge < -0.3 is 5.32 Å². The van der Waals surface area contributed by atoms with Gasteiger partial charge in [0.15, 0.2) is 0 Å². The maximum absolute atomic E-state index is 12.6. The topological polar surface area (TPSA) is 69.7 Å². The highest BCUT2D eigenvalue weighted by atomic mass is 32.2. The van der Waals surface area contributed by atoms with Crippen molar-refractivity contribution < 1.29 is 13.2 Å². The predicted molar refractivity (Wildman–Crippen MR) is 96.1 cm³/mol. The Bertz CT molecular complexity index is 686. The summed E-state index contributed by atoms with van der Waals surface area (Å²) in [6, 6.07) is 7.75. The molecule has 1 aliphatic rings. The average Bonchev–Trinajstić information content (AvgIpc) is 2.55. The zero-order valence-corrected chi connectivity index (χ0v) is 15.6. The van der Waals surface area contributed by atoms with Gasteiger partial charge in [0.05, 0.1) is 5.92 Å². The smallest absolute Gasteiger partial charge is 0.281 e. The Kier molecular flexibility index (Phi) is 6.01. The van der Waals surface area contributed by atoms with Crippen LogP contribution >= 0.6 is 0 Å². The van der Waals surface area contributed by atoms with E-state index in [0.717, 1.165) is 11.3 Å². The lowest BCUT2D eigenvalue weighted by Crippen LogP contribution is -2.47. The van der Waals surface area contributed by atoms with Crippen molar-refractivity contribution in [3.05, 3.63) is 29.8 Å². The number of nitrogens with one attached hydrogen (secondary N) is 1. The van der Waals surface area contributed by atoms with Crippen molar-refractivity contribution in [1.29, 1.82) is 0 Å². The molecule has 0 aromatic heterocycles. The largest absolute Gasteiger partial charge is 0.326 e. The maximum Gasteiger partial charge on any atom is 0.281 e. The SMILES string of the molecule is CC(C)c1ccccc1NC(=O)[C@H]1CCCN(S(=O)(=O)N(C)C)C1. The van der Waals surface area contributed by atoms with Crippen molar-refractivity contribution in [2.75, 3.05) is 32.5 Å². The van der Waals surface area contributed by atoms with Crippen LogP contribution in [0.15, 0.2) is 24.3 Å². The maximum atomic E-state index is 12.6. The van der Waals surface area contributed by atoms with Gasteiger partial charge in [-0.1, -0.05) is 32.0 Å². The summed E-state index contributed by atoms with van der Waals surface area (Å²) in [5.74, 6) is -0.131. The molecule has 1 amide bonds. The number of nitrogens with zero attached hydrogens (tertiary/aromatic N) is 2. The molecule has 1 aliphatic heterocycles. The molecule has 134 valence electrons. The van der Waals surface area contributed by atoms with Crippen molar-refractivity contribution in [1.82, 2.24) is 8.61 Å². The second-order valence-corrected chi connectivity index (χ2v) is 8.86. The fourth-order valence-corrected chi connectivity index (χ4v) is 4.14. The standard InChI is InChI=1S/C17H27N3O3S/c1-13(2)15-9-5-6-10-16(15)18-17(21)14-8-7-11-20(12-14)24(22,23)19(3)4/h5-6,9-10,13-14H,7-8,11-12H2,1-4H3,(H,18,21)/t14-/m0/s1. The summed E-state index contributed by atoms with van der Waals surface area (Å²) >= 11 is 0. The van der Waals surface area contributed by atoms with E-state index in [4.69, 9.17) is 0 Å². The number of hydrogen-bond acceptors (Lipinski definition) is 3. The van der Waals surface area contributed by atoms with Gasteiger partial charge in [-0.15, -0.1) is 0 Å². The van der Waals surface area contributed by atoms with E-state index in [1.54, 1.807) is 0 Å². The molecule has 1 N–H and O–H groups in total. The van der Waals surface area contributed by atoms with E-state index < -0.39 is 10.2 Å². The molecule has 1 atom stereocenters. The van der Waals surface area contributed by atoms with E-state index in [-0.39, 0.29) is 18.4 Å². The monoisotopic (exact) mass is 353 g/mol. The quantitative estimate of drug-likeness (QED) is 0.883. The summed E-state index contributed by atoms with van der Waals surface area (Å²) in [4.78, 5) is 12.6. The van der Waals surface area contributed by atoms with Crippen LogP contribution in [-0.4, -0.2) is 50.1 Å². The number of piperidine rings is 1. The van der Waals surface area contributed by atoms with Gasteiger partial charge in [-0.05, 0) is 30.4 Å². The van der Waals surface area contributed by atoms with Crippen molar-refractivity contribution in [3.63, 3.8) is 0 Å². The van der Waals surface area contributed by atoms with E-state index in [0.29, 0.717) is 25.3 Å². The van der Waals surface area contributed by atoms with Crippen LogP contribution in [0.2, 0.25) is 0 Å². The summed E-state index contributed by atoms with van der Waals surface area (Å²) in [5, 5.41) is 2.99. The van der Waals surface area contributed by atoms with Crippen LogP contribution in [0.3, 0.4) is 0 Å². The van der Waals surface area contributed by atoms with Crippen LogP contribution in [0, 0.1) is 5.92 Å². The predicted octanol–water partition coefficient (Wildman–Crippen LogP) is 2.27. The van der Waals surface area contributed by atoms with E-state index in [9.17, 15) is 13.2 Å². The zero-order valence-electron chi connectivity index (χ0n) is 14.8. The molecule has 6 nitrogen and oxygen atoms in total. The summed E-state index contributed by atoms with van der Waals surface area (Å²) in [6.07, 6.45) is 1.39. The zero-order chi connectivity index (χ0) is 17.9. The minimum absolute atomic E-state index is 0.109. The van der Waals surface area contributed by atoms with Crippen LogP contribution in [0.1, 0.15) is 38.2 Å². The number of amides is 1. The van der Waals surface area contributed by atoms with Gasteiger partial charge in [-0.2, -0.15) is 17.0 Å². The molecule has 0 aliphatic carbocycles. The van der Waals surface area contributed by atoms with Crippen molar-refractivity contribution in [3.8, 4) is 0 Å². The van der Waals surface area contributed by atoms with Crippen molar-refractivity contribution >= 4 is 21.8 Å². The van der Waals surface area contributed by atoms with E-state index >= 15 is 0 Å². The average molecular weight is 353 g/mol. The molecule has 2 rings (SSSR count). The Labute approximate surface area is 145 Å². The molecule has 7 heteroatoms. The number of hydrogen-bond donors (Lipinski definition) is 1. The summed E-state index contributed by atoms with van der Waals surface area (Å²) < 4.78 is 27.1. The molecule has 1 heterocycles. The fourth-order valence-electron chi connectivity index (χ4n) is 2.95. The minimum Gasteiger partial charge on any atom is -0.326 e. The van der Waals surface area contributed by atoms with Crippen LogP contribution < -0.4 is 5.32 Å². The molecular weight excluding hydrogens is 326 g/mol. The minimum atomic E-state index is -3.47. The second kappa shape index (κ2) is 7.63. The second-order valence-electron chi connectivity index (χ2n) is 6.72. The third kappa shape index (κ3) is 4.15.